The Balaban J connectivity index is 1.72. The number of carbonyl (C=O) groups excluding carboxylic acids is 1. The average molecular weight is 397 g/mol. The molecule has 0 radical (unpaired) electrons. The minimum absolute atomic E-state index is 0.0820. The fourth-order valence-corrected chi connectivity index (χ4v) is 5.59. The van der Waals surface area contributed by atoms with Crippen LogP contribution in [-0.2, 0) is 20.2 Å². The van der Waals surface area contributed by atoms with Gasteiger partial charge in [-0.3, -0.25) is 4.79 Å². The van der Waals surface area contributed by atoms with Crippen LogP contribution in [0, 0.1) is 11.3 Å². The molecule has 0 N–H and O–H groups in total. The van der Waals surface area contributed by atoms with E-state index in [0.29, 0.717) is 17.7 Å². The molecule has 2 aliphatic heterocycles. The minimum Gasteiger partial charge on any atom is -0.497 e. The predicted molar refractivity (Wildman–Crippen MR) is 103 cm³/mol. The smallest absolute Gasteiger partial charge is 0.243 e. The Hall–Kier alpha value is -2.89. The van der Waals surface area contributed by atoms with E-state index in [1.165, 1.54) is 28.6 Å². The number of anilines is 1. The molecule has 0 unspecified atom stereocenters. The number of carbonyl (C=O) groups is 1. The van der Waals surface area contributed by atoms with E-state index in [0.717, 1.165) is 11.3 Å². The molecule has 1 saturated heterocycles. The summed E-state index contributed by atoms with van der Waals surface area (Å²) in [4.78, 5) is 14.8. The van der Waals surface area contributed by atoms with Crippen LogP contribution in [0.15, 0.2) is 47.4 Å². The van der Waals surface area contributed by atoms with Crippen molar-refractivity contribution >= 4 is 21.6 Å². The standard InChI is InChI=1S/C20H19N3O4S/c1-22-18-8-5-15(27-2)11-17(18)20(19(22)24)9-10-23(13-20)28(25,26)16-6-3-14(12-21)4-7-16/h3-8,11H,9-10,13H2,1-2H3/t20-/m1/s1. The van der Waals surface area contributed by atoms with Crippen molar-refractivity contribution in [1.29, 1.82) is 5.26 Å². The summed E-state index contributed by atoms with van der Waals surface area (Å²) >= 11 is 0. The van der Waals surface area contributed by atoms with Gasteiger partial charge in [0, 0.05) is 25.8 Å². The molecule has 0 bridgehead atoms. The second kappa shape index (κ2) is 6.33. The van der Waals surface area contributed by atoms with Crippen LogP contribution in [0.4, 0.5) is 5.69 Å². The van der Waals surface area contributed by atoms with Crippen LogP contribution in [0.5, 0.6) is 5.75 Å². The number of likely N-dealkylation sites (N-methyl/N-ethyl adjacent to an activating group) is 1. The first-order valence-electron chi connectivity index (χ1n) is 8.80. The summed E-state index contributed by atoms with van der Waals surface area (Å²) in [7, 11) is -0.495. The maximum atomic E-state index is 13.1. The van der Waals surface area contributed by atoms with Gasteiger partial charge in [0.15, 0.2) is 0 Å². The van der Waals surface area contributed by atoms with E-state index in [1.807, 2.05) is 18.2 Å². The second-order valence-electron chi connectivity index (χ2n) is 7.05. The summed E-state index contributed by atoms with van der Waals surface area (Å²) in [6.07, 6.45) is 0.409. The number of amides is 1. The zero-order valence-corrected chi connectivity index (χ0v) is 16.4. The molecular formula is C20H19N3O4S. The van der Waals surface area contributed by atoms with Crippen molar-refractivity contribution in [3.8, 4) is 11.8 Å². The fraction of sp³-hybridized carbons (Fsp3) is 0.300. The van der Waals surface area contributed by atoms with Crippen molar-refractivity contribution < 1.29 is 17.9 Å². The Labute approximate surface area is 163 Å². The van der Waals surface area contributed by atoms with Crippen molar-refractivity contribution in [2.45, 2.75) is 16.7 Å². The Morgan fingerprint density at radius 3 is 2.54 bits per heavy atom. The molecule has 2 heterocycles. The number of sulfonamides is 1. The fourth-order valence-electron chi connectivity index (χ4n) is 4.09. The Kier molecular flexibility index (Phi) is 4.17. The third kappa shape index (κ3) is 2.51. The average Bonchev–Trinajstić information content (AvgIpc) is 3.26. The highest BCUT2D eigenvalue weighted by Crippen LogP contribution is 2.48. The van der Waals surface area contributed by atoms with Gasteiger partial charge < -0.3 is 9.64 Å². The largest absolute Gasteiger partial charge is 0.497 e. The van der Waals surface area contributed by atoms with Crippen LogP contribution in [0.2, 0.25) is 0 Å². The van der Waals surface area contributed by atoms with Crippen molar-refractivity contribution in [1.82, 2.24) is 4.31 Å². The highest BCUT2D eigenvalue weighted by Gasteiger charge is 2.55. The normalized spacial score (nSPS) is 21.8. The van der Waals surface area contributed by atoms with E-state index >= 15 is 0 Å². The number of benzene rings is 2. The van der Waals surface area contributed by atoms with E-state index in [1.54, 1.807) is 25.1 Å². The molecule has 7 nitrogen and oxygen atoms in total. The predicted octanol–water partition coefficient (Wildman–Crippen LogP) is 1.88. The molecule has 0 aromatic heterocycles. The lowest BCUT2D eigenvalue weighted by molar-refractivity contribution is -0.122. The minimum atomic E-state index is -3.76. The van der Waals surface area contributed by atoms with Gasteiger partial charge in [-0.1, -0.05) is 0 Å². The van der Waals surface area contributed by atoms with Crippen LogP contribution in [0.1, 0.15) is 17.5 Å². The van der Waals surface area contributed by atoms with Gasteiger partial charge >= 0.3 is 0 Å². The van der Waals surface area contributed by atoms with E-state index in [-0.39, 0.29) is 23.9 Å². The van der Waals surface area contributed by atoms with E-state index < -0.39 is 15.4 Å². The number of fused-ring (bicyclic) bond motifs is 2. The van der Waals surface area contributed by atoms with Gasteiger partial charge in [-0.25, -0.2) is 8.42 Å². The second-order valence-corrected chi connectivity index (χ2v) is 8.99. The quantitative estimate of drug-likeness (QED) is 0.789. The van der Waals surface area contributed by atoms with Crippen molar-refractivity contribution in [3.63, 3.8) is 0 Å². The number of nitriles is 1. The first-order valence-corrected chi connectivity index (χ1v) is 10.2. The van der Waals surface area contributed by atoms with Gasteiger partial charge in [0.2, 0.25) is 15.9 Å². The molecule has 2 aliphatic rings. The van der Waals surface area contributed by atoms with Gasteiger partial charge in [-0.2, -0.15) is 9.57 Å². The number of methoxy groups -OCH3 is 1. The summed E-state index contributed by atoms with van der Waals surface area (Å²) in [6.45, 7) is 0.331. The monoisotopic (exact) mass is 397 g/mol. The molecule has 144 valence electrons. The zero-order valence-electron chi connectivity index (χ0n) is 15.5. The highest BCUT2D eigenvalue weighted by atomic mass is 32.2. The van der Waals surface area contributed by atoms with Gasteiger partial charge in [0.25, 0.3) is 0 Å². The summed E-state index contributed by atoms with van der Waals surface area (Å²) in [5.41, 5.74) is 1.07. The number of hydrogen-bond donors (Lipinski definition) is 0. The van der Waals surface area contributed by atoms with Gasteiger partial charge in [-0.15, -0.1) is 0 Å². The molecule has 2 aromatic carbocycles. The summed E-state index contributed by atoms with van der Waals surface area (Å²) in [5, 5.41) is 8.91. The van der Waals surface area contributed by atoms with E-state index in [4.69, 9.17) is 10.00 Å². The van der Waals surface area contributed by atoms with Crippen LogP contribution >= 0.6 is 0 Å². The molecule has 4 rings (SSSR count). The first kappa shape index (κ1) is 18.5. The third-order valence-electron chi connectivity index (χ3n) is 5.65. The Morgan fingerprint density at radius 2 is 1.89 bits per heavy atom. The SMILES string of the molecule is COc1ccc2c(c1)[C@]1(CCN(S(=O)(=O)c3ccc(C#N)cc3)C1)C(=O)N2C. The molecule has 28 heavy (non-hydrogen) atoms. The van der Waals surface area contributed by atoms with Gasteiger partial charge in [-0.05, 0) is 54.4 Å². The van der Waals surface area contributed by atoms with Crippen molar-refractivity contribution in [2.24, 2.45) is 0 Å². The molecule has 8 heteroatoms. The Morgan fingerprint density at radius 1 is 1.18 bits per heavy atom. The number of nitrogens with zero attached hydrogens (tertiary/aromatic N) is 3. The molecule has 0 saturated carbocycles. The lowest BCUT2D eigenvalue weighted by Crippen LogP contribution is -2.42. The van der Waals surface area contributed by atoms with E-state index in [2.05, 4.69) is 0 Å². The van der Waals surface area contributed by atoms with Crippen molar-refractivity contribution in [2.75, 3.05) is 32.1 Å². The summed E-state index contributed by atoms with van der Waals surface area (Å²) in [6, 6.07) is 13.2. The van der Waals surface area contributed by atoms with Crippen LogP contribution < -0.4 is 9.64 Å². The van der Waals surface area contributed by atoms with Crippen LogP contribution in [0.25, 0.3) is 0 Å². The third-order valence-corrected chi connectivity index (χ3v) is 7.51. The van der Waals surface area contributed by atoms with E-state index in [9.17, 15) is 13.2 Å². The van der Waals surface area contributed by atoms with Gasteiger partial charge in [0.05, 0.1) is 29.1 Å². The highest BCUT2D eigenvalue weighted by molar-refractivity contribution is 7.89. The summed E-state index contributed by atoms with van der Waals surface area (Å²) in [5.74, 6) is 0.530. The molecule has 0 aliphatic carbocycles. The first-order chi connectivity index (χ1) is 13.3. The maximum Gasteiger partial charge on any atom is 0.243 e. The Bertz CT molecular complexity index is 1110. The molecular weight excluding hydrogens is 378 g/mol. The summed E-state index contributed by atoms with van der Waals surface area (Å²) < 4.78 is 32.8. The number of ether oxygens (including phenoxy) is 1. The van der Waals surface area contributed by atoms with Crippen LogP contribution in [-0.4, -0.2) is 45.9 Å². The zero-order chi connectivity index (χ0) is 20.1. The number of hydrogen-bond acceptors (Lipinski definition) is 5. The molecule has 2 aromatic rings. The van der Waals surface area contributed by atoms with Crippen LogP contribution in [0.3, 0.4) is 0 Å². The molecule has 1 amide bonds. The lowest BCUT2D eigenvalue weighted by atomic mass is 9.81. The molecule has 1 fully saturated rings. The van der Waals surface area contributed by atoms with Gasteiger partial charge in [0.1, 0.15) is 5.75 Å². The number of rotatable bonds is 3. The lowest BCUT2D eigenvalue weighted by Gasteiger charge is -2.23. The maximum absolute atomic E-state index is 13.1. The molecule has 1 spiro atoms. The topological polar surface area (TPSA) is 90.7 Å². The molecule has 1 atom stereocenters. The van der Waals surface area contributed by atoms with Crippen molar-refractivity contribution in [3.05, 3.63) is 53.6 Å².